The number of imidazole rings is 1. The van der Waals surface area contributed by atoms with E-state index < -0.39 is 11.7 Å². The third-order valence-corrected chi connectivity index (χ3v) is 7.16. The predicted octanol–water partition coefficient (Wildman–Crippen LogP) is 5.99. The van der Waals surface area contributed by atoms with Gasteiger partial charge in [0, 0.05) is 24.2 Å². The number of ether oxygens (including phenoxy) is 1. The fraction of sp³-hybridized carbons (Fsp3) is 0.407. The number of hydrogen-bond acceptors (Lipinski definition) is 3. The van der Waals surface area contributed by atoms with Crippen molar-refractivity contribution in [3.63, 3.8) is 0 Å². The third-order valence-electron chi connectivity index (χ3n) is 7.16. The standard InChI is InChI=1S/C27H29F2N3O2/c1-17-15-31(16-30-17)25-10-6-18(13-26(25)34-2)12-20-4-3-5-21-8-11-24(32(21)27(20)33)19-7-9-22(28)23(29)14-19/h6,10,12-16,21,24H,3-5,7-9,11H2,1-2H3/b20-12+/t21-,24-/m0/s1. The topological polar surface area (TPSA) is 47.4 Å². The van der Waals surface area contributed by atoms with E-state index in [0.717, 1.165) is 53.8 Å². The highest BCUT2D eigenvalue weighted by Gasteiger charge is 2.41. The average Bonchev–Trinajstić information content (AvgIpc) is 3.42. The first kappa shape index (κ1) is 22.6. The Labute approximate surface area is 198 Å². The van der Waals surface area contributed by atoms with Crippen molar-refractivity contribution in [1.82, 2.24) is 14.5 Å². The van der Waals surface area contributed by atoms with Crippen molar-refractivity contribution in [2.45, 2.75) is 64.0 Å². The monoisotopic (exact) mass is 465 g/mol. The predicted molar refractivity (Wildman–Crippen MR) is 127 cm³/mol. The van der Waals surface area contributed by atoms with Crippen LogP contribution in [0.2, 0.25) is 0 Å². The van der Waals surface area contributed by atoms with Crippen LogP contribution in [0.1, 0.15) is 56.2 Å². The summed E-state index contributed by atoms with van der Waals surface area (Å²) >= 11 is 0. The normalized spacial score (nSPS) is 24.4. The molecule has 0 bridgehead atoms. The Morgan fingerprint density at radius 3 is 2.74 bits per heavy atom. The first-order valence-electron chi connectivity index (χ1n) is 11.9. The largest absolute Gasteiger partial charge is 0.495 e. The number of allylic oxidation sites excluding steroid dienone is 3. The van der Waals surface area contributed by atoms with Crippen LogP contribution in [0.15, 0.2) is 59.6 Å². The van der Waals surface area contributed by atoms with Gasteiger partial charge >= 0.3 is 0 Å². The lowest BCUT2D eigenvalue weighted by molar-refractivity contribution is -0.128. The Balaban J connectivity index is 1.45. The van der Waals surface area contributed by atoms with Crippen molar-refractivity contribution in [2.75, 3.05) is 7.11 Å². The van der Waals surface area contributed by atoms with E-state index in [1.165, 1.54) is 6.08 Å². The van der Waals surface area contributed by atoms with Crippen LogP contribution in [0.4, 0.5) is 8.78 Å². The number of hydrogen-bond donors (Lipinski definition) is 0. The quantitative estimate of drug-likeness (QED) is 0.522. The Kier molecular flexibility index (Phi) is 6.11. The molecular formula is C27H29F2N3O2. The number of aromatic nitrogens is 2. The van der Waals surface area contributed by atoms with Gasteiger partial charge in [-0.2, -0.15) is 0 Å². The molecule has 1 aliphatic carbocycles. The Morgan fingerprint density at radius 1 is 1.15 bits per heavy atom. The highest BCUT2D eigenvalue weighted by atomic mass is 19.2. The second-order valence-electron chi connectivity index (χ2n) is 9.35. The summed E-state index contributed by atoms with van der Waals surface area (Å²) in [4.78, 5) is 19.9. The maximum atomic E-state index is 14.0. The van der Waals surface area contributed by atoms with Crippen LogP contribution in [0, 0.1) is 6.92 Å². The van der Waals surface area contributed by atoms with E-state index in [4.69, 9.17) is 4.74 Å². The molecule has 2 saturated heterocycles. The van der Waals surface area contributed by atoms with Gasteiger partial charge in [0.1, 0.15) is 11.6 Å². The number of fused-ring (bicyclic) bond motifs is 1. The summed E-state index contributed by atoms with van der Waals surface area (Å²) in [7, 11) is 1.63. The first-order chi connectivity index (χ1) is 16.4. The van der Waals surface area contributed by atoms with E-state index >= 15 is 0 Å². The molecule has 178 valence electrons. The maximum absolute atomic E-state index is 14.0. The van der Waals surface area contributed by atoms with Crippen molar-refractivity contribution in [3.05, 3.63) is 70.9 Å². The molecule has 34 heavy (non-hydrogen) atoms. The lowest BCUT2D eigenvalue weighted by Crippen LogP contribution is -2.41. The molecule has 2 atom stereocenters. The van der Waals surface area contributed by atoms with Gasteiger partial charge in [-0.3, -0.25) is 4.79 Å². The van der Waals surface area contributed by atoms with E-state index in [1.807, 2.05) is 46.9 Å². The van der Waals surface area contributed by atoms with Crippen molar-refractivity contribution in [1.29, 1.82) is 0 Å². The van der Waals surface area contributed by atoms with Crippen LogP contribution >= 0.6 is 0 Å². The number of amides is 1. The number of benzene rings is 1. The Morgan fingerprint density at radius 2 is 2.00 bits per heavy atom. The summed E-state index contributed by atoms with van der Waals surface area (Å²) in [5.74, 6) is -0.775. The van der Waals surface area contributed by atoms with E-state index in [2.05, 4.69) is 4.98 Å². The number of nitrogens with zero attached hydrogens (tertiary/aromatic N) is 3. The number of methoxy groups -OCH3 is 1. The molecule has 3 heterocycles. The highest BCUT2D eigenvalue weighted by Crippen LogP contribution is 2.40. The lowest BCUT2D eigenvalue weighted by atomic mass is 9.94. The fourth-order valence-electron chi connectivity index (χ4n) is 5.47. The SMILES string of the molecule is COc1cc(/C=C2\CCC[C@H]3CC[C@@H](C4=CC(F)=C(F)CC4)N3C2=O)ccc1-n1cnc(C)c1. The zero-order valence-corrected chi connectivity index (χ0v) is 19.6. The molecule has 2 aromatic rings. The molecule has 1 aromatic heterocycles. The van der Waals surface area contributed by atoms with E-state index in [0.29, 0.717) is 18.6 Å². The van der Waals surface area contributed by atoms with E-state index in [9.17, 15) is 13.6 Å². The minimum absolute atomic E-state index is 0.00890. The summed E-state index contributed by atoms with van der Waals surface area (Å²) in [5.41, 5.74) is 4.27. The number of rotatable bonds is 4. The molecule has 0 N–H and O–H groups in total. The molecule has 2 fully saturated rings. The van der Waals surface area contributed by atoms with E-state index in [-0.39, 0.29) is 24.4 Å². The number of aryl methyl sites for hydroxylation is 1. The number of carbonyl (C=O) groups excluding carboxylic acids is 1. The number of halogens is 2. The van der Waals surface area contributed by atoms with Gasteiger partial charge in [-0.05, 0) is 80.9 Å². The second-order valence-corrected chi connectivity index (χ2v) is 9.35. The Bertz CT molecular complexity index is 1210. The van der Waals surface area contributed by atoms with Crippen LogP contribution in [0.25, 0.3) is 11.8 Å². The van der Waals surface area contributed by atoms with Crippen molar-refractivity contribution < 1.29 is 18.3 Å². The molecule has 1 aromatic carbocycles. The molecule has 5 nitrogen and oxygen atoms in total. The van der Waals surface area contributed by atoms with Gasteiger partial charge in [0.15, 0.2) is 5.83 Å². The molecule has 7 heteroatoms. The van der Waals surface area contributed by atoms with Crippen LogP contribution in [0.3, 0.4) is 0 Å². The minimum atomic E-state index is -0.789. The molecule has 0 radical (unpaired) electrons. The second kappa shape index (κ2) is 9.20. The van der Waals surface area contributed by atoms with Crippen LogP contribution < -0.4 is 4.74 Å². The summed E-state index contributed by atoms with van der Waals surface area (Å²) in [6.07, 6.45) is 11.7. The molecule has 1 amide bonds. The smallest absolute Gasteiger partial charge is 0.250 e. The Hall–Kier alpha value is -3.22. The van der Waals surface area contributed by atoms with Crippen LogP contribution in [-0.4, -0.2) is 39.6 Å². The molecule has 5 rings (SSSR count). The van der Waals surface area contributed by atoms with Gasteiger partial charge in [-0.15, -0.1) is 0 Å². The molecule has 3 aliphatic rings. The zero-order valence-electron chi connectivity index (χ0n) is 19.6. The molecule has 2 aliphatic heterocycles. The van der Waals surface area contributed by atoms with Crippen LogP contribution in [0.5, 0.6) is 5.75 Å². The summed E-state index contributed by atoms with van der Waals surface area (Å²) in [6, 6.07) is 5.88. The molecule has 0 unspecified atom stereocenters. The van der Waals surface area contributed by atoms with Crippen molar-refractivity contribution in [2.24, 2.45) is 0 Å². The molecule has 0 saturated carbocycles. The fourth-order valence-corrected chi connectivity index (χ4v) is 5.47. The van der Waals surface area contributed by atoms with Gasteiger partial charge in [-0.1, -0.05) is 6.07 Å². The van der Waals surface area contributed by atoms with E-state index in [1.54, 1.807) is 13.4 Å². The first-order valence-corrected chi connectivity index (χ1v) is 11.9. The third kappa shape index (κ3) is 4.19. The van der Waals surface area contributed by atoms with Gasteiger partial charge in [-0.25, -0.2) is 13.8 Å². The number of carbonyl (C=O) groups is 1. The summed E-state index contributed by atoms with van der Waals surface area (Å²) < 4.78 is 35.1. The summed E-state index contributed by atoms with van der Waals surface area (Å²) in [5, 5.41) is 0. The molecular weight excluding hydrogens is 436 g/mol. The maximum Gasteiger partial charge on any atom is 0.250 e. The highest BCUT2D eigenvalue weighted by molar-refractivity contribution is 5.99. The van der Waals surface area contributed by atoms with Crippen molar-refractivity contribution in [3.8, 4) is 11.4 Å². The lowest BCUT2D eigenvalue weighted by Gasteiger charge is -2.32. The zero-order chi connectivity index (χ0) is 23.8. The summed E-state index contributed by atoms with van der Waals surface area (Å²) in [6.45, 7) is 1.93. The average molecular weight is 466 g/mol. The van der Waals surface area contributed by atoms with Crippen molar-refractivity contribution >= 4 is 12.0 Å². The van der Waals surface area contributed by atoms with Gasteiger partial charge in [0.05, 0.1) is 30.9 Å². The minimum Gasteiger partial charge on any atom is -0.495 e. The van der Waals surface area contributed by atoms with Gasteiger partial charge in [0.25, 0.3) is 5.91 Å². The van der Waals surface area contributed by atoms with Gasteiger partial charge in [0.2, 0.25) is 0 Å². The van der Waals surface area contributed by atoms with Gasteiger partial charge < -0.3 is 14.2 Å². The van der Waals surface area contributed by atoms with Crippen LogP contribution in [-0.2, 0) is 4.79 Å². The molecule has 0 spiro atoms.